The van der Waals surface area contributed by atoms with Crippen LogP contribution in [0.25, 0.3) is 0 Å². The third-order valence-corrected chi connectivity index (χ3v) is 6.02. The van der Waals surface area contributed by atoms with Gasteiger partial charge in [0.2, 0.25) is 10.0 Å². The molecule has 0 aliphatic rings. The molecule has 2 N–H and O–H groups in total. The zero-order valence-corrected chi connectivity index (χ0v) is 15.9. The fourth-order valence-corrected chi connectivity index (χ4v) is 3.91. The van der Waals surface area contributed by atoms with Crippen molar-refractivity contribution in [3.8, 4) is 0 Å². The molecule has 1 aromatic heterocycles. The molecule has 1 heterocycles. The number of carboxylic acids is 1. The first-order valence-electron chi connectivity index (χ1n) is 8.36. The number of aromatic carboxylic acids is 1. The van der Waals surface area contributed by atoms with E-state index in [1.807, 2.05) is 0 Å². The molecule has 27 heavy (non-hydrogen) atoms. The van der Waals surface area contributed by atoms with Gasteiger partial charge in [-0.25, -0.2) is 13.2 Å². The van der Waals surface area contributed by atoms with E-state index in [1.54, 1.807) is 26.0 Å². The Morgan fingerprint density at radius 3 is 2.30 bits per heavy atom. The Hall–Kier alpha value is -2.78. The molecule has 0 atom stereocenters. The number of carbonyl (C=O) groups is 2. The number of nitrogens with zero attached hydrogens (tertiary/aromatic N) is 2. The number of aromatic nitrogens is 1. The summed E-state index contributed by atoms with van der Waals surface area (Å²) in [4.78, 5) is 27.1. The molecule has 0 radical (unpaired) electrons. The van der Waals surface area contributed by atoms with Crippen molar-refractivity contribution in [2.75, 3.05) is 13.1 Å². The van der Waals surface area contributed by atoms with Crippen LogP contribution >= 0.6 is 0 Å². The lowest BCUT2D eigenvalue weighted by molar-refractivity contribution is 0.0696. The molecule has 0 fully saturated rings. The molecule has 0 spiro atoms. The third kappa shape index (κ3) is 4.89. The van der Waals surface area contributed by atoms with Crippen LogP contribution in [0, 0.1) is 0 Å². The summed E-state index contributed by atoms with van der Waals surface area (Å²) in [5.74, 6) is -1.66. The minimum atomic E-state index is -3.52. The largest absolute Gasteiger partial charge is 0.478 e. The summed E-state index contributed by atoms with van der Waals surface area (Å²) < 4.78 is 26.3. The van der Waals surface area contributed by atoms with E-state index in [0.29, 0.717) is 18.7 Å². The first kappa shape index (κ1) is 20.5. The van der Waals surface area contributed by atoms with Crippen LogP contribution in [0.15, 0.2) is 47.5 Å². The highest BCUT2D eigenvalue weighted by Gasteiger charge is 2.21. The number of hydrogen-bond acceptors (Lipinski definition) is 5. The molecule has 0 aliphatic heterocycles. The Morgan fingerprint density at radius 1 is 1.11 bits per heavy atom. The van der Waals surface area contributed by atoms with Gasteiger partial charge < -0.3 is 10.4 Å². The zero-order chi connectivity index (χ0) is 20.0. The topological polar surface area (TPSA) is 117 Å². The summed E-state index contributed by atoms with van der Waals surface area (Å²) in [5, 5.41) is 11.6. The summed E-state index contributed by atoms with van der Waals surface area (Å²) in [6, 6.07) is 8.73. The van der Waals surface area contributed by atoms with Crippen LogP contribution in [-0.2, 0) is 16.6 Å². The number of nitrogens with one attached hydrogen (secondary N) is 1. The second-order valence-electron chi connectivity index (χ2n) is 5.65. The molecular weight excluding hydrogens is 370 g/mol. The number of amides is 1. The smallest absolute Gasteiger partial charge is 0.335 e. The maximum atomic E-state index is 12.4. The number of benzene rings is 1. The van der Waals surface area contributed by atoms with E-state index in [2.05, 4.69) is 10.3 Å². The van der Waals surface area contributed by atoms with Crippen LogP contribution in [0.1, 0.15) is 40.3 Å². The summed E-state index contributed by atoms with van der Waals surface area (Å²) >= 11 is 0. The van der Waals surface area contributed by atoms with Crippen LogP contribution < -0.4 is 5.32 Å². The molecule has 0 bridgehead atoms. The standard InChI is InChI=1S/C18H21N3O5S/c1-3-21(4-2)27(25,26)15-7-5-13(6-8-15)12-20-17(22)16-11-14(18(23)24)9-10-19-16/h5-11H,3-4,12H2,1-2H3,(H,20,22)(H,23,24). The highest BCUT2D eigenvalue weighted by Crippen LogP contribution is 2.16. The van der Waals surface area contributed by atoms with E-state index in [9.17, 15) is 18.0 Å². The van der Waals surface area contributed by atoms with Gasteiger partial charge in [0.05, 0.1) is 10.5 Å². The number of pyridine rings is 1. The van der Waals surface area contributed by atoms with E-state index >= 15 is 0 Å². The molecule has 2 rings (SSSR count). The number of rotatable bonds is 8. The first-order chi connectivity index (χ1) is 12.8. The Labute approximate surface area is 157 Å². The quantitative estimate of drug-likeness (QED) is 0.708. The van der Waals surface area contributed by atoms with Gasteiger partial charge in [-0.15, -0.1) is 0 Å². The predicted molar refractivity (Wildman–Crippen MR) is 98.9 cm³/mol. The number of carboxylic acid groups (broad SMARTS) is 1. The second kappa shape index (κ2) is 8.74. The Balaban J connectivity index is 2.06. The van der Waals surface area contributed by atoms with Crippen molar-refractivity contribution in [3.05, 3.63) is 59.4 Å². The number of sulfonamides is 1. The van der Waals surface area contributed by atoms with Gasteiger partial charge in [0, 0.05) is 25.8 Å². The summed E-state index contributed by atoms with van der Waals surface area (Å²) in [6.45, 7) is 4.48. The van der Waals surface area contributed by atoms with E-state index in [4.69, 9.17) is 5.11 Å². The van der Waals surface area contributed by atoms with Gasteiger partial charge in [-0.05, 0) is 29.8 Å². The van der Waals surface area contributed by atoms with E-state index in [1.165, 1.54) is 34.8 Å². The molecule has 2 aromatic rings. The van der Waals surface area contributed by atoms with Crippen molar-refractivity contribution in [1.82, 2.24) is 14.6 Å². The lowest BCUT2D eigenvalue weighted by Crippen LogP contribution is -2.30. The summed E-state index contributed by atoms with van der Waals surface area (Å²) in [6.07, 6.45) is 1.26. The maximum Gasteiger partial charge on any atom is 0.335 e. The highest BCUT2D eigenvalue weighted by molar-refractivity contribution is 7.89. The van der Waals surface area contributed by atoms with Crippen LogP contribution in [-0.4, -0.2) is 47.8 Å². The number of carbonyl (C=O) groups excluding carboxylic acids is 1. The van der Waals surface area contributed by atoms with Gasteiger partial charge in [0.25, 0.3) is 5.91 Å². The summed E-state index contributed by atoms with van der Waals surface area (Å²) in [5.41, 5.74) is 0.674. The lowest BCUT2D eigenvalue weighted by atomic mass is 10.2. The van der Waals surface area contributed by atoms with Crippen molar-refractivity contribution in [3.63, 3.8) is 0 Å². The number of hydrogen-bond donors (Lipinski definition) is 2. The lowest BCUT2D eigenvalue weighted by Gasteiger charge is -2.18. The van der Waals surface area contributed by atoms with E-state index in [0.717, 1.165) is 0 Å². The minimum absolute atomic E-state index is 0.00405. The second-order valence-corrected chi connectivity index (χ2v) is 7.59. The average molecular weight is 391 g/mol. The molecular formula is C18H21N3O5S. The Kier molecular flexibility index (Phi) is 6.65. The van der Waals surface area contributed by atoms with Gasteiger partial charge in [0.1, 0.15) is 5.69 Å². The average Bonchev–Trinajstić information content (AvgIpc) is 2.67. The fraction of sp³-hybridized carbons (Fsp3) is 0.278. The molecule has 9 heteroatoms. The molecule has 144 valence electrons. The van der Waals surface area contributed by atoms with Gasteiger partial charge in [-0.2, -0.15) is 4.31 Å². The molecule has 1 aromatic carbocycles. The molecule has 0 aliphatic carbocycles. The Morgan fingerprint density at radius 2 is 1.74 bits per heavy atom. The van der Waals surface area contributed by atoms with Crippen LogP contribution in [0.3, 0.4) is 0 Å². The van der Waals surface area contributed by atoms with Crippen LogP contribution in [0.5, 0.6) is 0 Å². The first-order valence-corrected chi connectivity index (χ1v) is 9.80. The highest BCUT2D eigenvalue weighted by atomic mass is 32.2. The van der Waals surface area contributed by atoms with Crippen LogP contribution in [0.2, 0.25) is 0 Å². The molecule has 8 nitrogen and oxygen atoms in total. The van der Waals surface area contributed by atoms with Gasteiger partial charge in [0.15, 0.2) is 0 Å². The SMILES string of the molecule is CCN(CC)S(=O)(=O)c1ccc(CNC(=O)c2cc(C(=O)O)ccn2)cc1. The molecule has 0 unspecified atom stereocenters. The van der Waals surface area contributed by atoms with Gasteiger partial charge in [-0.3, -0.25) is 9.78 Å². The normalized spacial score (nSPS) is 11.4. The van der Waals surface area contributed by atoms with Crippen LogP contribution in [0.4, 0.5) is 0 Å². The molecule has 0 saturated heterocycles. The van der Waals surface area contributed by atoms with Gasteiger partial charge in [-0.1, -0.05) is 26.0 Å². The third-order valence-electron chi connectivity index (χ3n) is 3.96. The maximum absolute atomic E-state index is 12.4. The predicted octanol–water partition coefficient (Wildman–Crippen LogP) is 1.74. The van der Waals surface area contributed by atoms with Crippen molar-refractivity contribution in [2.24, 2.45) is 0 Å². The zero-order valence-electron chi connectivity index (χ0n) is 15.0. The molecule has 1 amide bonds. The Bertz CT molecular complexity index is 922. The monoisotopic (exact) mass is 391 g/mol. The fourth-order valence-electron chi connectivity index (χ4n) is 2.45. The van der Waals surface area contributed by atoms with Gasteiger partial charge >= 0.3 is 5.97 Å². The van der Waals surface area contributed by atoms with Crippen molar-refractivity contribution in [2.45, 2.75) is 25.3 Å². The molecule has 0 saturated carbocycles. The van der Waals surface area contributed by atoms with Crippen molar-refractivity contribution >= 4 is 21.9 Å². The van der Waals surface area contributed by atoms with Crippen molar-refractivity contribution < 1.29 is 23.1 Å². The van der Waals surface area contributed by atoms with E-state index in [-0.39, 0.29) is 22.7 Å². The van der Waals surface area contributed by atoms with Crippen molar-refractivity contribution in [1.29, 1.82) is 0 Å². The van der Waals surface area contributed by atoms with E-state index < -0.39 is 21.9 Å². The minimum Gasteiger partial charge on any atom is -0.478 e. The summed E-state index contributed by atoms with van der Waals surface area (Å²) in [7, 11) is -3.52.